The normalized spacial score (nSPS) is 14.1. The summed E-state index contributed by atoms with van der Waals surface area (Å²) in [6.45, 7) is 5.20. The van der Waals surface area contributed by atoms with Gasteiger partial charge in [0.05, 0.1) is 29.2 Å². The lowest BCUT2D eigenvalue weighted by Crippen LogP contribution is -2.40. The molecule has 1 aliphatic heterocycles. The molecule has 0 spiro atoms. The number of nitrogens with zero attached hydrogens (tertiary/aromatic N) is 3. The van der Waals surface area contributed by atoms with E-state index in [0.29, 0.717) is 22.8 Å². The van der Waals surface area contributed by atoms with Crippen molar-refractivity contribution in [2.24, 2.45) is 7.05 Å². The lowest BCUT2D eigenvalue weighted by Gasteiger charge is -2.29. The van der Waals surface area contributed by atoms with Gasteiger partial charge in [-0.3, -0.25) is 19.1 Å². The van der Waals surface area contributed by atoms with Crippen molar-refractivity contribution in [3.8, 4) is 5.75 Å². The zero-order valence-electron chi connectivity index (χ0n) is 16.9. The number of carbonyl (C=O) groups is 3. The average Bonchev–Trinajstić information content (AvgIpc) is 2.93. The molecule has 2 heterocycles. The lowest BCUT2D eigenvalue weighted by atomic mass is 10.2. The molecule has 9 heteroatoms. The quantitative estimate of drug-likeness (QED) is 0.741. The molecule has 0 bridgehead atoms. The SMILES string of the molecule is Cc1nn(C)c(C)c1NC(=O)[C@H](C)OC(=O)CCN1C(=O)COc2ccccc21. The zero-order valence-corrected chi connectivity index (χ0v) is 16.9. The van der Waals surface area contributed by atoms with Crippen LogP contribution in [0.5, 0.6) is 5.75 Å². The summed E-state index contributed by atoms with van der Waals surface area (Å²) in [7, 11) is 1.78. The van der Waals surface area contributed by atoms with Gasteiger partial charge in [-0.25, -0.2) is 0 Å². The van der Waals surface area contributed by atoms with Crippen LogP contribution in [0.1, 0.15) is 24.7 Å². The second kappa shape index (κ2) is 8.34. The van der Waals surface area contributed by atoms with E-state index >= 15 is 0 Å². The molecule has 1 aromatic heterocycles. The molecule has 0 aliphatic carbocycles. The van der Waals surface area contributed by atoms with Gasteiger partial charge in [0.15, 0.2) is 12.7 Å². The minimum atomic E-state index is -0.978. The van der Waals surface area contributed by atoms with E-state index < -0.39 is 18.0 Å². The Kier molecular flexibility index (Phi) is 5.86. The molecule has 1 atom stereocenters. The first kappa shape index (κ1) is 20.4. The van der Waals surface area contributed by atoms with Gasteiger partial charge in [0.25, 0.3) is 11.8 Å². The monoisotopic (exact) mass is 400 g/mol. The molecule has 0 radical (unpaired) electrons. The van der Waals surface area contributed by atoms with E-state index in [-0.39, 0.29) is 25.5 Å². The summed E-state index contributed by atoms with van der Waals surface area (Å²) in [4.78, 5) is 38.2. The fourth-order valence-electron chi connectivity index (χ4n) is 3.09. The number of aromatic nitrogens is 2. The number of aryl methyl sites for hydroxylation is 2. The fraction of sp³-hybridized carbons (Fsp3) is 0.400. The minimum absolute atomic E-state index is 0.0390. The average molecular weight is 400 g/mol. The predicted octanol–water partition coefficient (Wildman–Crippen LogP) is 1.72. The Morgan fingerprint density at radius 3 is 2.72 bits per heavy atom. The molecular weight excluding hydrogens is 376 g/mol. The number of nitrogens with one attached hydrogen (secondary N) is 1. The molecule has 2 aromatic rings. The highest BCUT2D eigenvalue weighted by Crippen LogP contribution is 2.31. The van der Waals surface area contributed by atoms with Gasteiger partial charge in [0.1, 0.15) is 5.75 Å². The highest BCUT2D eigenvalue weighted by Gasteiger charge is 2.26. The molecule has 0 saturated heterocycles. The smallest absolute Gasteiger partial charge is 0.308 e. The van der Waals surface area contributed by atoms with Gasteiger partial charge in [-0.05, 0) is 32.9 Å². The van der Waals surface area contributed by atoms with E-state index in [2.05, 4.69) is 10.4 Å². The first-order valence-corrected chi connectivity index (χ1v) is 9.30. The molecule has 2 amide bonds. The number of fused-ring (bicyclic) bond motifs is 1. The molecule has 3 rings (SSSR count). The van der Waals surface area contributed by atoms with Crippen molar-refractivity contribution in [3.05, 3.63) is 35.7 Å². The van der Waals surface area contributed by atoms with Crippen molar-refractivity contribution < 1.29 is 23.9 Å². The van der Waals surface area contributed by atoms with Crippen LogP contribution in [0.3, 0.4) is 0 Å². The first-order valence-electron chi connectivity index (χ1n) is 9.30. The van der Waals surface area contributed by atoms with E-state index in [1.165, 1.54) is 11.8 Å². The van der Waals surface area contributed by atoms with E-state index in [1.54, 1.807) is 36.9 Å². The van der Waals surface area contributed by atoms with E-state index in [1.807, 2.05) is 13.0 Å². The van der Waals surface area contributed by atoms with Crippen LogP contribution in [0.4, 0.5) is 11.4 Å². The number of anilines is 2. The summed E-state index contributed by atoms with van der Waals surface area (Å²) >= 11 is 0. The van der Waals surface area contributed by atoms with Crippen molar-refractivity contribution in [3.63, 3.8) is 0 Å². The highest BCUT2D eigenvalue weighted by molar-refractivity contribution is 5.98. The fourth-order valence-corrected chi connectivity index (χ4v) is 3.09. The Morgan fingerprint density at radius 2 is 2.03 bits per heavy atom. The van der Waals surface area contributed by atoms with Gasteiger partial charge in [0, 0.05) is 13.6 Å². The Labute approximate surface area is 168 Å². The van der Waals surface area contributed by atoms with Crippen LogP contribution in [0.2, 0.25) is 0 Å². The van der Waals surface area contributed by atoms with Gasteiger partial charge >= 0.3 is 5.97 Å². The Hall–Kier alpha value is -3.36. The first-order chi connectivity index (χ1) is 13.8. The summed E-state index contributed by atoms with van der Waals surface area (Å²) in [5.74, 6) is -0.644. The molecule has 1 N–H and O–H groups in total. The van der Waals surface area contributed by atoms with Crippen molar-refractivity contribution in [1.82, 2.24) is 9.78 Å². The lowest BCUT2D eigenvalue weighted by molar-refractivity contribution is -0.153. The second-order valence-corrected chi connectivity index (χ2v) is 6.84. The number of amides is 2. The molecule has 29 heavy (non-hydrogen) atoms. The number of para-hydroxylation sites is 2. The molecule has 0 fully saturated rings. The number of hydrogen-bond donors (Lipinski definition) is 1. The van der Waals surface area contributed by atoms with Crippen LogP contribution in [0.15, 0.2) is 24.3 Å². The van der Waals surface area contributed by atoms with Gasteiger partial charge in [0.2, 0.25) is 0 Å². The van der Waals surface area contributed by atoms with Crippen LogP contribution in [-0.4, -0.2) is 46.8 Å². The van der Waals surface area contributed by atoms with Gasteiger partial charge < -0.3 is 19.7 Å². The Bertz CT molecular complexity index is 952. The molecule has 154 valence electrons. The zero-order chi connectivity index (χ0) is 21.1. The van der Waals surface area contributed by atoms with Crippen molar-refractivity contribution in [2.75, 3.05) is 23.4 Å². The van der Waals surface area contributed by atoms with Crippen molar-refractivity contribution in [2.45, 2.75) is 33.3 Å². The maximum atomic E-state index is 12.4. The maximum absolute atomic E-state index is 12.4. The predicted molar refractivity (Wildman–Crippen MR) is 106 cm³/mol. The van der Waals surface area contributed by atoms with Crippen LogP contribution >= 0.6 is 0 Å². The minimum Gasteiger partial charge on any atom is -0.482 e. The summed E-state index contributed by atoms with van der Waals surface area (Å²) in [6.07, 6.45) is -1.02. The highest BCUT2D eigenvalue weighted by atomic mass is 16.5. The second-order valence-electron chi connectivity index (χ2n) is 6.84. The maximum Gasteiger partial charge on any atom is 0.308 e. The molecule has 1 aromatic carbocycles. The third-order valence-corrected chi connectivity index (χ3v) is 4.78. The standard InChI is InChI=1S/C20H24N4O5/c1-12-19(13(2)23(4)22-12)21-20(27)14(3)29-18(26)9-10-24-15-7-5-6-8-16(15)28-11-17(24)25/h5-8,14H,9-11H2,1-4H3,(H,21,27)/t14-/m0/s1. The molecule has 1 aliphatic rings. The third kappa shape index (κ3) is 4.39. The van der Waals surface area contributed by atoms with Crippen LogP contribution in [0, 0.1) is 13.8 Å². The number of rotatable bonds is 6. The molecule has 0 saturated carbocycles. The summed E-state index contributed by atoms with van der Waals surface area (Å²) in [5.41, 5.74) is 2.71. The van der Waals surface area contributed by atoms with Crippen molar-refractivity contribution in [1.29, 1.82) is 0 Å². The molecular formula is C20H24N4O5. The van der Waals surface area contributed by atoms with Gasteiger partial charge in [-0.1, -0.05) is 12.1 Å². The molecule has 9 nitrogen and oxygen atoms in total. The van der Waals surface area contributed by atoms with Gasteiger partial charge in [-0.15, -0.1) is 0 Å². The third-order valence-electron chi connectivity index (χ3n) is 4.78. The van der Waals surface area contributed by atoms with E-state index in [0.717, 1.165) is 5.69 Å². The number of hydrogen-bond acceptors (Lipinski definition) is 6. The Morgan fingerprint density at radius 1 is 1.31 bits per heavy atom. The van der Waals surface area contributed by atoms with Crippen LogP contribution < -0.4 is 15.0 Å². The topological polar surface area (TPSA) is 103 Å². The number of ether oxygens (including phenoxy) is 2. The Balaban J connectivity index is 1.55. The van der Waals surface area contributed by atoms with Crippen LogP contribution in [-0.2, 0) is 26.2 Å². The summed E-state index contributed by atoms with van der Waals surface area (Å²) in [5, 5.41) is 6.99. The summed E-state index contributed by atoms with van der Waals surface area (Å²) in [6, 6.07) is 7.13. The van der Waals surface area contributed by atoms with Gasteiger partial charge in [-0.2, -0.15) is 5.10 Å². The molecule has 0 unspecified atom stereocenters. The van der Waals surface area contributed by atoms with Crippen LogP contribution in [0.25, 0.3) is 0 Å². The number of carbonyl (C=O) groups excluding carboxylic acids is 3. The van der Waals surface area contributed by atoms with E-state index in [4.69, 9.17) is 9.47 Å². The van der Waals surface area contributed by atoms with E-state index in [9.17, 15) is 14.4 Å². The summed E-state index contributed by atoms with van der Waals surface area (Å²) < 4.78 is 12.3. The largest absolute Gasteiger partial charge is 0.482 e. The number of esters is 1. The number of benzene rings is 1. The van der Waals surface area contributed by atoms with Crippen molar-refractivity contribution >= 4 is 29.2 Å².